The van der Waals surface area contributed by atoms with Gasteiger partial charge in [0.1, 0.15) is 0 Å². The summed E-state index contributed by atoms with van der Waals surface area (Å²) in [6.07, 6.45) is -1.37. The van der Waals surface area contributed by atoms with Gasteiger partial charge >= 0.3 is 5.97 Å². The zero-order chi connectivity index (χ0) is 13.1. The number of esters is 1. The number of aliphatic hydroxyl groups is 1. The van der Waals surface area contributed by atoms with Crippen molar-refractivity contribution in [3.05, 3.63) is 23.3 Å². The fourth-order valence-electron chi connectivity index (χ4n) is 1.83. The molecule has 1 aromatic rings. The minimum atomic E-state index is -1.37. The lowest BCUT2D eigenvalue weighted by Crippen LogP contribution is -2.15. The minimum Gasteiger partial charge on any atom is -0.467 e. The third-order valence-corrected chi connectivity index (χ3v) is 2.69. The molecule has 18 heavy (non-hydrogen) atoms. The third kappa shape index (κ3) is 2.12. The van der Waals surface area contributed by atoms with E-state index in [1.807, 2.05) is 0 Å². The highest BCUT2D eigenvalue weighted by atomic mass is 16.7. The number of aliphatic hydroxyl groups excluding tert-OH is 1. The highest BCUT2D eigenvalue weighted by Crippen LogP contribution is 2.39. The molecule has 6 heteroatoms. The summed E-state index contributed by atoms with van der Waals surface area (Å²) in [7, 11) is 2.73. The van der Waals surface area contributed by atoms with Crippen LogP contribution < -0.4 is 9.47 Å². The van der Waals surface area contributed by atoms with E-state index in [9.17, 15) is 9.90 Å². The fraction of sp³-hybridized carbons (Fsp3) is 0.417. The molecule has 1 heterocycles. The predicted molar refractivity (Wildman–Crippen MR) is 60.3 cm³/mol. The lowest BCUT2D eigenvalue weighted by atomic mass is 10.0. The van der Waals surface area contributed by atoms with Crippen molar-refractivity contribution in [3.63, 3.8) is 0 Å². The molecule has 1 aliphatic rings. The quantitative estimate of drug-likeness (QED) is 0.800. The van der Waals surface area contributed by atoms with E-state index in [0.29, 0.717) is 22.6 Å². The molecule has 0 bridgehead atoms. The van der Waals surface area contributed by atoms with Crippen LogP contribution in [-0.2, 0) is 20.9 Å². The van der Waals surface area contributed by atoms with Crippen molar-refractivity contribution < 1.29 is 28.8 Å². The van der Waals surface area contributed by atoms with Crippen LogP contribution in [0, 0.1) is 0 Å². The summed E-state index contributed by atoms with van der Waals surface area (Å²) in [6.45, 7) is 0.319. The maximum atomic E-state index is 11.4. The molecule has 1 atom stereocenters. The van der Waals surface area contributed by atoms with Crippen LogP contribution in [0.25, 0.3) is 0 Å². The highest BCUT2D eigenvalue weighted by Gasteiger charge is 2.27. The molecule has 0 aliphatic carbocycles. The van der Waals surface area contributed by atoms with E-state index < -0.39 is 12.1 Å². The Hall–Kier alpha value is -1.79. The van der Waals surface area contributed by atoms with Crippen LogP contribution in [0.2, 0.25) is 0 Å². The van der Waals surface area contributed by atoms with Gasteiger partial charge in [-0.3, -0.25) is 0 Å². The maximum Gasteiger partial charge on any atom is 0.339 e. The molecule has 1 aromatic carbocycles. The van der Waals surface area contributed by atoms with Crippen molar-refractivity contribution >= 4 is 5.97 Å². The predicted octanol–water partition coefficient (Wildman–Crippen LogP) is 0.768. The first-order valence-electron chi connectivity index (χ1n) is 5.35. The van der Waals surface area contributed by atoms with E-state index in [4.69, 9.17) is 14.2 Å². The Morgan fingerprint density at radius 2 is 2.22 bits per heavy atom. The summed E-state index contributed by atoms with van der Waals surface area (Å²) in [6, 6.07) is 3.24. The summed E-state index contributed by atoms with van der Waals surface area (Å²) in [5.41, 5.74) is 0.985. The first-order valence-corrected chi connectivity index (χ1v) is 5.35. The molecule has 6 nitrogen and oxygen atoms in total. The number of carbonyl (C=O) groups excluding carboxylic acids is 1. The maximum absolute atomic E-state index is 11.4. The molecule has 0 saturated heterocycles. The molecule has 98 valence electrons. The van der Waals surface area contributed by atoms with Crippen LogP contribution in [0.5, 0.6) is 11.5 Å². The van der Waals surface area contributed by atoms with Gasteiger partial charge in [-0.1, -0.05) is 6.07 Å². The van der Waals surface area contributed by atoms with Crippen molar-refractivity contribution in [1.29, 1.82) is 0 Å². The molecule has 0 radical (unpaired) electrons. The second kappa shape index (κ2) is 5.24. The smallest absolute Gasteiger partial charge is 0.339 e. The summed E-state index contributed by atoms with van der Waals surface area (Å²) in [5.74, 6) is 0.339. The van der Waals surface area contributed by atoms with Crippen molar-refractivity contribution in [2.24, 2.45) is 0 Å². The van der Waals surface area contributed by atoms with E-state index >= 15 is 0 Å². The molecule has 1 aliphatic heterocycles. The summed E-state index contributed by atoms with van der Waals surface area (Å²) in [4.78, 5) is 11.4. The number of carbonyl (C=O) groups is 1. The number of ether oxygens (including phenoxy) is 4. The van der Waals surface area contributed by atoms with Gasteiger partial charge in [-0.2, -0.15) is 0 Å². The normalized spacial score (nSPS) is 14.4. The molecule has 0 amide bonds. The summed E-state index contributed by atoms with van der Waals surface area (Å²) < 4.78 is 20.1. The van der Waals surface area contributed by atoms with Gasteiger partial charge in [-0.25, -0.2) is 4.79 Å². The number of rotatable bonds is 4. The number of hydrogen-bond acceptors (Lipinski definition) is 6. The topological polar surface area (TPSA) is 74.2 Å². The SMILES string of the molecule is COCc1c(C(O)C(=O)OC)ccc2c1OCO2. The minimum absolute atomic E-state index is 0.115. The van der Waals surface area contributed by atoms with Gasteiger partial charge in [0, 0.05) is 18.2 Å². The first-order chi connectivity index (χ1) is 8.69. The Kier molecular flexibility index (Phi) is 3.69. The van der Waals surface area contributed by atoms with Crippen LogP contribution in [0.4, 0.5) is 0 Å². The molecular weight excluding hydrogens is 240 g/mol. The fourth-order valence-corrected chi connectivity index (χ4v) is 1.83. The molecule has 1 unspecified atom stereocenters. The summed E-state index contributed by atoms with van der Waals surface area (Å²) >= 11 is 0. The number of hydrogen-bond donors (Lipinski definition) is 1. The van der Waals surface area contributed by atoms with E-state index in [0.717, 1.165) is 0 Å². The second-order valence-corrected chi connectivity index (χ2v) is 3.73. The van der Waals surface area contributed by atoms with Crippen LogP contribution in [0.15, 0.2) is 12.1 Å². The van der Waals surface area contributed by atoms with E-state index in [-0.39, 0.29) is 13.4 Å². The van der Waals surface area contributed by atoms with Gasteiger partial charge in [-0.15, -0.1) is 0 Å². The van der Waals surface area contributed by atoms with Gasteiger partial charge in [0.25, 0.3) is 0 Å². The molecule has 0 spiro atoms. The average Bonchev–Trinajstić information content (AvgIpc) is 2.86. The monoisotopic (exact) mass is 254 g/mol. The van der Waals surface area contributed by atoms with Crippen molar-refractivity contribution in [1.82, 2.24) is 0 Å². The molecule has 0 saturated carbocycles. The van der Waals surface area contributed by atoms with Gasteiger partial charge in [0.05, 0.1) is 13.7 Å². The van der Waals surface area contributed by atoms with Gasteiger partial charge in [0.2, 0.25) is 6.79 Å². The van der Waals surface area contributed by atoms with E-state index in [1.165, 1.54) is 14.2 Å². The molecule has 1 N–H and O–H groups in total. The standard InChI is InChI=1S/C12H14O6/c1-15-5-8-7(10(13)12(14)16-2)3-4-9-11(8)18-6-17-9/h3-4,10,13H,5-6H2,1-2H3. The van der Waals surface area contributed by atoms with Gasteiger partial charge < -0.3 is 24.1 Å². The number of benzene rings is 1. The van der Waals surface area contributed by atoms with Crippen molar-refractivity contribution in [2.45, 2.75) is 12.7 Å². The Morgan fingerprint density at radius 3 is 2.89 bits per heavy atom. The van der Waals surface area contributed by atoms with Gasteiger partial charge in [0.15, 0.2) is 17.6 Å². The Morgan fingerprint density at radius 1 is 1.44 bits per heavy atom. The summed E-state index contributed by atoms with van der Waals surface area (Å²) in [5, 5.41) is 9.90. The average molecular weight is 254 g/mol. The molecular formula is C12H14O6. The highest BCUT2D eigenvalue weighted by molar-refractivity contribution is 5.77. The molecule has 0 aromatic heterocycles. The largest absolute Gasteiger partial charge is 0.467 e. The second-order valence-electron chi connectivity index (χ2n) is 3.73. The molecule has 2 rings (SSSR count). The Balaban J connectivity index is 2.43. The number of fused-ring (bicyclic) bond motifs is 1. The van der Waals surface area contributed by atoms with Crippen LogP contribution in [-0.4, -0.2) is 32.1 Å². The van der Waals surface area contributed by atoms with E-state index in [1.54, 1.807) is 12.1 Å². The van der Waals surface area contributed by atoms with Crippen LogP contribution >= 0.6 is 0 Å². The zero-order valence-corrected chi connectivity index (χ0v) is 10.1. The van der Waals surface area contributed by atoms with Crippen molar-refractivity contribution in [3.8, 4) is 11.5 Å². The molecule has 0 fully saturated rings. The third-order valence-electron chi connectivity index (χ3n) is 2.69. The van der Waals surface area contributed by atoms with Crippen LogP contribution in [0.3, 0.4) is 0 Å². The lowest BCUT2D eigenvalue weighted by molar-refractivity contribution is -0.150. The number of methoxy groups -OCH3 is 2. The zero-order valence-electron chi connectivity index (χ0n) is 10.1. The first kappa shape index (κ1) is 12.7. The van der Waals surface area contributed by atoms with E-state index in [2.05, 4.69) is 4.74 Å². The Labute approximate surface area is 104 Å². The Bertz CT molecular complexity index is 456. The lowest BCUT2D eigenvalue weighted by Gasteiger charge is -2.15. The van der Waals surface area contributed by atoms with Crippen LogP contribution in [0.1, 0.15) is 17.2 Å². The van der Waals surface area contributed by atoms with Crippen molar-refractivity contribution in [2.75, 3.05) is 21.0 Å². The van der Waals surface area contributed by atoms with Gasteiger partial charge in [-0.05, 0) is 6.07 Å².